The van der Waals surface area contributed by atoms with Gasteiger partial charge in [0.05, 0.1) is 21.7 Å². The van der Waals surface area contributed by atoms with Crippen LogP contribution in [0.3, 0.4) is 0 Å². The molecule has 0 atom stereocenters. The molecule has 2 N–H and O–H groups in total. The fraction of sp³-hybridized carbons (Fsp3) is 0.0588. The molecule has 1 aromatic heterocycles. The van der Waals surface area contributed by atoms with E-state index in [0.717, 1.165) is 0 Å². The van der Waals surface area contributed by atoms with E-state index in [4.69, 9.17) is 5.21 Å². The maximum atomic E-state index is 12.4. The van der Waals surface area contributed by atoms with Crippen LogP contribution < -0.4 is 5.48 Å². The first-order valence-electron chi connectivity index (χ1n) is 7.10. The predicted octanol–water partition coefficient (Wildman–Crippen LogP) is 2.33. The standard InChI is InChI=1S/C17H14N2O4S/c20-17(19-21)14-9-13-8-12(6-7-16(13)18-10-14)11-24(22,23)15-4-2-1-3-5-15/h1-10,21H,11H2,(H,19,20). The summed E-state index contributed by atoms with van der Waals surface area (Å²) in [5.41, 5.74) is 2.96. The first-order valence-corrected chi connectivity index (χ1v) is 8.76. The second kappa shape index (κ2) is 6.38. The van der Waals surface area contributed by atoms with Gasteiger partial charge in [-0.05, 0) is 35.9 Å². The van der Waals surface area contributed by atoms with Crippen LogP contribution in [0.5, 0.6) is 0 Å². The minimum Gasteiger partial charge on any atom is -0.288 e. The number of benzene rings is 2. The molecule has 3 rings (SSSR count). The van der Waals surface area contributed by atoms with Crippen molar-refractivity contribution in [3.05, 3.63) is 71.9 Å². The summed E-state index contributed by atoms with van der Waals surface area (Å²) in [6.45, 7) is 0. The van der Waals surface area contributed by atoms with Gasteiger partial charge in [0, 0.05) is 11.6 Å². The molecular formula is C17H14N2O4S. The zero-order valence-electron chi connectivity index (χ0n) is 12.5. The van der Waals surface area contributed by atoms with Crippen LogP contribution in [0.2, 0.25) is 0 Å². The van der Waals surface area contributed by atoms with Crippen LogP contribution >= 0.6 is 0 Å². The highest BCUT2D eigenvalue weighted by Crippen LogP contribution is 2.20. The molecule has 1 heterocycles. The molecule has 0 unspecified atom stereocenters. The van der Waals surface area contributed by atoms with E-state index >= 15 is 0 Å². The zero-order chi connectivity index (χ0) is 17.2. The zero-order valence-corrected chi connectivity index (χ0v) is 13.3. The van der Waals surface area contributed by atoms with Gasteiger partial charge in [0.15, 0.2) is 9.84 Å². The lowest BCUT2D eigenvalue weighted by Crippen LogP contribution is -2.18. The molecule has 0 aliphatic heterocycles. The van der Waals surface area contributed by atoms with Crippen molar-refractivity contribution in [1.29, 1.82) is 0 Å². The highest BCUT2D eigenvalue weighted by atomic mass is 32.2. The second-order valence-electron chi connectivity index (χ2n) is 5.26. The number of nitrogens with zero attached hydrogens (tertiary/aromatic N) is 1. The molecule has 0 saturated carbocycles. The van der Waals surface area contributed by atoms with E-state index in [-0.39, 0.29) is 16.2 Å². The van der Waals surface area contributed by atoms with Crippen molar-refractivity contribution in [2.45, 2.75) is 10.6 Å². The van der Waals surface area contributed by atoms with Crippen molar-refractivity contribution < 1.29 is 18.4 Å². The van der Waals surface area contributed by atoms with Gasteiger partial charge in [-0.15, -0.1) is 0 Å². The molecule has 1 amide bonds. The second-order valence-corrected chi connectivity index (χ2v) is 7.25. The molecule has 0 aliphatic carbocycles. The maximum absolute atomic E-state index is 12.4. The number of carbonyl (C=O) groups is 1. The summed E-state index contributed by atoms with van der Waals surface area (Å²) in [6, 6.07) is 14.8. The summed E-state index contributed by atoms with van der Waals surface area (Å²) in [4.78, 5) is 15.8. The fourth-order valence-corrected chi connectivity index (χ4v) is 3.75. The van der Waals surface area contributed by atoms with Crippen molar-refractivity contribution in [3.8, 4) is 0 Å². The smallest absolute Gasteiger partial charge is 0.276 e. The van der Waals surface area contributed by atoms with Crippen molar-refractivity contribution in [2.24, 2.45) is 0 Å². The lowest BCUT2D eigenvalue weighted by atomic mass is 10.1. The van der Waals surface area contributed by atoms with Crippen LogP contribution in [0.15, 0.2) is 65.7 Å². The van der Waals surface area contributed by atoms with Crippen molar-refractivity contribution in [2.75, 3.05) is 0 Å². The third-order valence-corrected chi connectivity index (χ3v) is 5.27. The van der Waals surface area contributed by atoms with Crippen molar-refractivity contribution >= 4 is 26.6 Å². The number of hydroxylamine groups is 1. The first-order chi connectivity index (χ1) is 11.5. The van der Waals surface area contributed by atoms with Gasteiger partial charge in [-0.25, -0.2) is 13.9 Å². The number of hydrogen-bond acceptors (Lipinski definition) is 5. The van der Waals surface area contributed by atoms with Gasteiger partial charge < -0.3 is 0 Å². The molecule has 0 fully saturated rings. The molecule has 3 aromatic rings. The maximum Gasteiger partial charge on any atom is 0.276 e. The number of carbonyl (C=O) groups excluding carboxylic acids is 1. The minimum absolute atomic E-state index is 0.149. The van der Waals surface area contributed by atoms with Crippen LogP contribution in [-0.4, -0.2) is 24.5 Å². The highest BCUT2D eigenvalue weighted by Gasteiger charge is 2.15. The van der Waals surface area contributed by atoms with E-state index in [9.17, 15) is 13.2 Å². The number of fused-ring (bicyclic) bond motifs is 1. The van der Waals surface area contributed by atoms with Gasteiger partial charge in [0.25, 0.3) is 5.91 Å². The Hall–Kier alpha value is -2.77. The Morgan fingerprint density at radius 1 is 1.08 bits per heavy atom. The molecule has 2 aromatic carbocycles. The third kappa shape index (κ3) is 3.27. The Morgan fingerprint density at radius 3 is 2.54 bits per heavy atom. The number of aromatic nitrogens is 1. The molecule has 6 nitrogen and oxygen atoms in total. The molecule has 24 heavy (non-hydrogen) atoms. The van der Waals surface area contributed by atoms with E-state index < -0.39 is 15.7 Å². The normalized spacial score (nSPS) is 11.4. The monoisotopic (exact) mass is 342 g/mol. The fourth-order valence-electron chi connectivity index (χ4n) is 2.39. The first kappa shape index (κ1) is 16.1. The lowest BCUT2D eigenvalue weighted by Gasteiger charge is -2.07. The molecule has 0 bridgehead atoms. The van der Waals surface area contributed by atoms with Crippen LogP contribution in [-0.2, 0) is 15.6 Å². The van der Waals surface area contributed by atoms with Crippen LogP contribution in [0.25, 0.3) is 10.9 Å². The minimum atomic E-state index is -3.45. The van der Waals surface area contributed by atoms with E-state index in [2.05, 4.69) is 4.98 Å². The van der Waals surface area contributed by atoms with E-state index in [1.54, 1.807) is 60.1 Å². The van der Waals surface area contributed by atoms with E-state index in [0.29, 0.717) is 16.5 Å². The Morgan fingerprint density at radius 2 is 1.83 bits per heavy atom. The topological polar surface area (TPSA) is 96.4 Å². The summed E-state index contributed by atoms with van der Waals surface area (Å²) in [5, 5.41) is 9.31. The number of hydrogen-bond donors (Lipinski definition) is 2. The van der Waals surface area contributed by atoms with Gasteiger partial charge in [-0.3, -0.25) is 15.0 Å². The quantitative estimate of drug-likeness (QED) is 0.560. The average molecular weight is 342 g/mol. The summed E-state index contributed by atoms with van der Waals surface area (Å²) < 4.78 is 24.9. The molecule has 0 saturated heterocycles. The number of rotatable bonds is 4. The third-order valence-electron chi connectivity index (χ3n) is 3.57. The average Bonchev–Trinajstić information content (AvgIpc) is 2.61. The Balaban J connectivity index is 1.97. The highest BCUT2D eigenvalue weighted by molar-refractivity contribution is 7.90. The molecule has 0 aliphatic rings. The SMILES string of the molecule is O=C(NO)c1cnc2ccc(CS(=O)(=O)c3ccccc3)cc2c1. The van der Waals surface area contributed by atoms with Crippen molar-refractivity contribution in [1.82, 2.24) is 10.5 Å². The Bertz CT molecular complexity index is 1000. The molecule has 7 heteroatoms. The van der Waals surface area contributed by atoms with Crippen molar-refractivity contribution in [3.63, 3.8) is 0 Å². The van der Waals surface area contributed by atoms with Gasteiger partial charge >= 0.3 is 0 Å². The summed E-state index contributed by atoms with van der Waals surface area (Å²) in [7, 11) is -3.45. The predicted molar refractivity (Wildman–Crippen MR) is 88.3 cm³/mol. The van der Waals surface area contributed by atoms with E-state index in [1.165, 1.54) is 6.20 Å². The van der Waals surface area contributed by atoms with Crippen LogP contribution in [0.1, 0.15) is 15.9 Å². The number of nitrogens with one attached hydrogen (secondary N) is 1. The van der Waals surface area contributed by atoms with Gasteiger partial charge in [0.2, 0.25) is 0 Å². The molecular weight excluding hydrogens is 328 g/mol. The van der Waals surface area contributed by atoms with Gasteiger partial charge in [-0.2, -0.15) is 0 Å². The number of sulfone groups is 1. The lowest BCUT2D eigenvalue weighted by molar-refractivity contribution is 0.0706. The summed E-state index contributed by atoms with van der Waals surface area (Å²) in [6.07, 6.45) is 1.34. The largest absolute Gasteiger partial charge is 0.288 e. The van der Waals surface area contributed by atoms with Gasteiger partial charge in [0.1, 0.15) is 0 Å². The van der Waals surface area contributed by atoms with Crippen LogP contribution in [0.4, 0.5) is 0 Å². The Labute approximate surface area is 138 Å². The number of amides is 1. The number of pyridine rings is 1. The molecule has 0 radical (unpaired) electrons. The van der Waals surface area contributed by atoms with Gasteiger partial charge in [-0.1, -0.05) is 24.3 Å². The molecule has 0 spiro atoms. The summed E-state index contributed by atoms with van der Waals surface area (Å²) >= 11 is 0. The Kier molecular flexibility index (Phi) is 4.28. The summed E-state index contributed by atoms with van der Waals surface area (Å²) in [5.74, 6) is -0.824. The van der Waals surface area contributed by atoms with E-state index in [1.807, 2.05) is 0 Å². The molecule has 122 valence electrons. The van der Waals surface area contributed by atoms with Crippen LogP contribution in [0, 0.1) is 0 Å².